The van der Waals surface area contributed by atoms with Crippen LogP contribution in [0.25, 0.3) is 87.4 Å². The largest absolute Gasteiger partial charge is 0.248 e. The third-order valence-electron chi connectivity index (χ3n) is 8.60. The Morgan fingerprint density at radius 1 is 0.333 bits per heavy atom. The van der Waals surface area contributed by atoms with E-state index in [1.165, 1.54) is 60.0 Å². The highest BCUT2D eigenvalue weighted by Gasteiger charge is 2.15. The van der Waals surface area contributed by atoms with Gasteiger partial charge in [-0.1, -0.05) is 121 Å². The van der Waals surface area contributed by atoms with E-state index in [1.54, 1.807) is 0 Å². The number of hydrogen-bond acceptors (Lipinski definition) is 2. The zero-order chi connectivity index (χ0) is 27.6. The highest BCUT2D eigenvalue weighted by molar-refractivity contribution is 6.18. The summed E-state index contributed by atoms with van der Waals surface area (Å²) in [7, 11) is 0. The normalized spacial score (nSPS) is 11.8. The molecule has 9 rings (SSSR count). The second-order valence-corrected chi connectivity index (χ2v) is 11.0. The molecule has 0 saturated carbocycles. The van der Waals surface area contributed by atoms with Crippen molar-refractivity contribution in [3.63, 3.8) is 0 Å². The lowest BCUT2D eigenvalue weighted by Crippen LogP contribution is -1.91. The van der Waals surface area contributed by atoms with Crippen LogP contribution in [0.4, 0.5) is 0 Å². The summed E-state index contributed by atoms with van der Waals surface area (Å²) >= 11 is 0. The summed E-state index contributed by atoms with van der Waals surface area (Å²) < 4.78 is 0. The quantitative estimate of drug-likeness (QED) is 0.163. The van der Waals surface area contributed by atoms with Crippen LogP contribution in [0.2, 0.25) is 0 Å². The Morgan fingerprint density at radius 2 is 0.976 bits per heavy atom. The Balaban J connectivity index is 1.27. The van der Waals surface area contributed by atoms with Crippen molar-refractivity contribution in [3.8, 4) is 22.3 Å². The second kappa shape index (κ2) is 8.95. The van der Waals surface area contributed by atoms with E-state index in [2.05, 4.69) is 146 Å². The summed E-state index contributed by atoms with van der Waals surface area (Å²) in [5, 5.41) is 9.54. The maximum Gasteiger partial charge on any atom is 0.0794 e. The first-order chi connectivity index (χ1) is 20.8. The van der Waals surface area contributed by atoms with Crippen LogP contribution in [0, 0.1) is 0 Å². The lowest BCUT2D eigenvalue weighted by atomic mass is 9.91. The molecule has 2 aromatic heterocycles. The van der Waals surface area contributed by atoms with Crippen LogP contribution in [0.5, 0.6) is 0 Å². The highest BCUT2D eigenvalue weighted by atomic mass is 14.7. The van der Waals surface area contributed by atoms with Crippen molar-refractivity contribution in [2.45, 2.75) is 0 Å². The van der Waals surface area contributed by atoms with Gasteiger partial charge in [0.25, 0.3) is 0 Å². The summed E-state index contributed by atoms with van der Waals surface area (Å²) in [5.74, 6) is 0. The molecule has 0 saturated heterocycles. The molecule has 194 valence electrons. The van der Waals surface area contributed by atoms with Crippen molar-refractivity contribution in [3.05, 3.63) is 146 Å². The van der Waals surface area contributed by atoms with E-state index in [0.29, 0.717) is 0 Å². The van der Waals surface area contributed by atoms with Crippen LogP contribution in [0.3, 0.4) is 0 Å². The Kier molecular flexibility index (Phi) is 4.93. The molecular weight excluding hydrogens is 508 g/mol. The fourth-order valence-corrected chi connectivity index (χ4v) is 6.62. The minimum atomic E-state index is 1.01. The first kappa shape index (κ1) is 23.1. The Morgan fingerprint density at radius 3 is 1.81 bits per heavy atom. The van der Waals surface area contributed by atoms with Gasteiger partial charge in [-0.3, -0.25) is 0 Å². The van der Waals surface area contributed by atoms with Crippen LogP contribution >= 0.6 is 0 Å². The van der Waals surface area contributed by atoms with E-state index < -0.39 is 0 Å². The molecule has 0 unspecified atom stereocenters. The number of aromatic nitrogens is 2. The van der Waals surface area contributed by atoms with Crippen molar-refractivity contribution < 1.29 is 0 Å². The zero-order valence-corrected chi connectivity index (χ0v) is 22.8. The van der Waals surface area contributed by atoms with Gasteiger partial charge in [0.1, 0.15) is 0 Å². The van der Waals surface area contributed by atoms with Crippen LogP contribution in [-0.2, 0) is 0 Å². The fourth-order valence-electron chi connectivity index (χ4n) is 6.62. The average molecular weight is 533 g/mol. The number of fused-ring (bicyclic) bond motifs is 8. The van der Waals surface area contributed by atoms with Crippen LogP contribution in [0.15, 0.2) is 146 Å². The van der Waals surface area contributed by atoms with E-state index in [-0.39, 0.29) is 0 Å². The molecule has 9 aromatic rings. The highest BCUT2D eigenvalue weighted by Crippen LogP contribution is 2.40. The van der Waals surface area contributed by atoms with E-state index in [4.69, 9.17) is 9.97 Å². The van der Waals surface area contributed by atoms with Gasteiger partial charge in [-0.2, -0.15) is 0 Å². The smallest absolute Gasteiger partial charge is 0.0794 e. The van der Waals surface area contributed by atoms with Gasteiger partial charge in [-0.05, 0) is 57.1 Å². The SMILES string of the molecule is c1ccc2nc3cc(-c4ccc(-c5c6ccccc6nc6c5ccc5ccccc56)cc4)c4ccccc4c3cc2c1. The van der Waals surface area contributed by atoms with Crippen molar-refractivity contribution in [1.82, 2.24) is 9.97 Å². The summed E-state index contributed by atoms with van der Waals surface area (Å²) in [4.78, 5) is 10.2. The minimum Gasteiger partial charge on any atom is -0.248 e. The predicted octanol–water partition coefficient (Wildman–Crippen LogP) is 10.7. The number of para-hydroxylation sites is 2. The van der Waals surface area contributed by atoms with Crippen LogP contribution in [-0.4, -0.2) is 9.97 Å². The Bertz CT molecular complexity index is 2510. The monoisotopic (exact) mass is 532 g/mol. The Labute approximate surface area is 242 Å². The zero-order valence-electron chi connectivity index (χ0n) is 22.8. The molecule has 0 atom stereocenters. The molecule has 0 amide bonds. The molecule has 0 spiro atoms. The van der Waals surface area contributed by atoms with E-state index in [9.17, 15) is 0 Å². The number of hydrogen-bond donors (Lipinski definition) is 0. The second-order valence-electron chi connectivity index (χ2n) is 11.0. The van der Waals surface area contributed by atoms with Gasteiger partial charge in [0.15, 0.2) is 0 Å². The molecule has 0 bridgehead atoms. The number of pyridine rings is 2. The average Bonchev–Trinajstić information content (AvgIpc) is 3.06. The first-order valence-corrected chi connectivity index (χ1v) is 14.3. The number of benzene rings is 7. The third kappa shape index (κ3) is 3.45. The van der Waals surface area contributed by atoms with Gasteiger partial charge < -0.3 is 0 Å². The van der Waals surface area contributed by atoms with E-state index >= 15 is 0 Å². The van der Waals surface area contributed by atoms with Crippen molar-refractivity contribution in [1.29, 1.82) is 0 Å². The predicted molar refractivity (Wildman–Crippen MR) is 178 cm³/mol. The number of nitrogens with zero attached hydrogens (tertiary/aromatic N) is 2. The number of rotatable bonds is 2. The molecule has 2 nitrogen and oxygen atoms in total. The van der Waals surface area contributed by atoms with Gasteiger partial charge in [0.2, 0.25) is 0 Å². The standard InChI is InChI=1S/C40H24N2/c1-3-11-29-25(9-1)21-22-33-39(32-14-6-8-16-37(32)42-40(29)33)27-19-17-26(18-20-27)34-24-38-35(31-13-5-4-12-30(31)34)23-28-10-2-7-15-36(28)41-38/h1-24H. The van der Waals surface area contributed by atoms with Crippen molar-refractivity contribution in [2.24, 2.45) is 0 Å². The topological polar surface area (TPSA) is 25.8 Å². The first-order valence-electron chi connectivity index (χ1n) is 14.3. The summed E-state index contributed by atoms with van der Waals surface area (Å²) in [6.07, 6.45) is 0. The summed E-state index contributed by atoms with van der Waals surface area (Å²) in [6, 6.07) is 52.0. The van der Waals surface area contributed by atoms with Gasteiger partial charge in [0, 0.05) is 32.5 Å². The maximum atomic E-state index is 5.13. The fraction of sp³-hybridized carbons (Fsp3) is 0. The Hall–Kier alpha value is -5.60. The lowest BCUT2D eigenvalue weighted by molar-refractivity contribution is 1.50. The third-order valence-corrected chi connectivity index (χ3v) is 8.60. The van der Waals surface area contributed by atoms with Crippen LogP contribution in [0.1, 0.15) is 0 Å². The molecule has 0 aliphatic carbocycles. The van der Waals surface area contributed by atoms with Gasteiger partial charge in [-0.25, -0.2) is 9.97 Å². The maximum absolute atomic E-state index is 5.13. The lowest BCUT2D eigenvalue weighted by Gasteiger charge is -2.15. The molecule has 0 aliphatic rings. The molecule has 7 aromatic carbocycles. The molecule has 0 N–H and O–H groups in total. The summed E-state index contributed by atoms with van der Waals surface area (Å²) in [6.45, 7) is 0. The van der Waals surface area contributed by atoms with Crippen molar-refractivity contribution >= 4 is 65.2 Å². The van der Waals surface area contributed by atoms with E-state index in [0.717, 1.165) is 27.5 Å². The molecule has 42 heavy (non-hydrogen) atoms. The van der Waals surface area contributed by atoms with Crippen molar-refractivity contribution in [2.75, 3.05) is 0 Å². The molecule has 2 heteroatoms. The molecule has 0 aliphatic heterocycles. The minimum absolute atomic E-state index is 1.01. The van der Waals surface area contributed by atoms with E-state index in [1.807, 2.05) is 0 Å². The molecule has 2 heterocycles. The van der Waals surface area contributed by atoms with Gasteiger partial charge in [0.05, 0.1) is 22.1 Å². The molecule has 0 fully saturated rings. The summed E-state index contributed by atoms with van der Waals surface area (Å²) in [5.41, 5.74) is 8.89. The van der Waals surface area contributed by atoms with Gasteiger partial charge >= 0.3 is 0 Å². The van der Waals surface area contributed by atoms with Gasteiger partial charge in [-0.15, -0.1) is 0 Å². The molecule has 0 radical (unpaired) electrons. The molecular formula is C40H24N2. The van der Waals surface area contributed by atoms with Crippen LogP contribution < -0.4 is 0 Å².